The molecular formula is C15H24F2N2. The van der Waals surface area contributed by atoms with Gasteiger partial charge in [0, 0.05) is 18.2 Å². The first-order valence-electron chi connectivity index (χ1n) is 6.78. The summed E-state index contributed by atoms with van der Waals surface area (Å²) in [7, 11) is 2.11. The molecule has 0 bridgehead atoms. The van der Waals surface area contributed by atoms with Crippen LogP contribution in [-0.4, -0.2) is 31.1 Å². The van der Waals surface area contributed by atoms with Crippen LogP contribution in [0, 0.1) is 0 Å². The predicted octanol–water partition coefficient (Wildman–Crippen LogP) is 3.44. The van der Waals surface area contributed by atoms with E-state index in [0.29, 0.717) is 12.6 Å². The molecule has 4 heteroatoms. The molecule has 0 fully saturated rings. The molecule has 0 heterocycles. The van der Waals surface area contributed by atoms with Crippen LogP contribution in [0.5, 0.6) is 0 Å². The molecule has 0 aliphatic rings. The standard InChI is InChI=1S/C15H24F2N2/c1-12(2)19(3)9-5-8-18-11-13-6-4-7-14(10-13)15(16)17/h4,6-7,10,12,15,18H,5,8-9,11H2,1-3H3. The summed E-state index contributed by atoms with van der Waals surface area (Å²) in [6.45, 7) is 6.93. The van der Waals surface area contributed by atoms with Crippen molar-refractivity contribution in [3.05, 3.63) is 35.4 Å². The summed E-state index contributed by atoms with van der Waals surface area (Å²) < 4.78 is 25.1. The normalized spacial score (nSPS) is 11.8. The molecule has 0 amide bonds. The average Bonchev–Trinajstić information content (AvgIpc) is 2.38. The van der Waals surface area contributed by atoms with E-state index in [1.807, 2.05) is 6.07 Å². The maximum atomic E-state index is 12.5. The second-order valence-corrected chi connectivity index (χ2v) is 5.15. The minimum absolute atomic E-state index is 0.0961. The first kappa shape index (κ1) is 16.1. The van der Waals surface area contributed by atoms with Crippen molar-refractivity contribution in [1.29, 1.82) is 0 Å². The monoisotopic (exact) mass is 270 g/mol. The highest BCUT2D eigenvalue weighted by atomic mass is 19.3. The van der Waals surface area contributed by atoms with E-state index in [1.165, 1.54) is 6.07 Å². The van der Waals surface area contributed by atoms with E-state index in [2.05, 4.69) is 31.1 Å². The Kier molecular flexibility index (Phi) is 6.95. The van der Waals surface area contributed by atoms with Crippen LogP contribution in [0.25, 0.3) is 0 Å². The first-order valence-corrected chi connectivity index (χ1v) is 6.78. The van der Waals surface area contributed by atoms with Gasteiger partial charge in [-0.15, -0.1) is 0 Å². The summed E-state index contributed by atoms with van der Waals surface area (Å²) in [5.41, 5.74) is 1.01. The van der Waals surface area contributed by atoms with E-state index in [9.17, 15) is 8.78 Å². The van der Waals surface area contributed by atoms with Crippen LogP contribution in [-0.2, 0) is 6.54 Å². The Morgan fingerprint density at radius 1 is 1.26 bits per heavy atom. The van der Waals surface area contributed by atoms with Gasteiger partial charge < -0.3 is 10.2 Å². The van der Waals surface area contributed by atoms with Crippen LogP contribution < -0.4 is 5.32 Å². The Labute approximate surface area is 114 Å². The summed E-state index contributed by atoms with van der Waals surface area (Å²) in [6.07, 6.45) is -1.33. The molecule has 0 aromatic heterocycles. The third-order valence-electron chi connectivity index (χ3n) is 3.28. The molecule has 1 aromatic rings. The molecule has 108 valence electrons. The summed E-state index contributed by atoms with van der Waals surface area (Å²) in [5, 5.41) is 3.29. The van der Waals surface area contributed by atoms with E-state index >= 15 is 0 Å². The molecule has 2 nitrogen and oxygen atoms in total. The highest BCUT2D eigenvalue weighted by Gasteiger charge is 2.06. The van der Waals surface area contributed by atoms with Crippen molar-refractivity contribution in [1.82, 2.24) is 10.2 Å². The van der Waals surface area contributed by atoms with Gasteiger partial charge in [0.1, 0.15) is 0 Å². The van der Waals surface area contributed by atoms with E-state index in [4.69, 9.17) is 0 Å². The molecular weight excluding hydrogens is 246 g/mol. The molecule has 0 spiro atoms. The van der Waals surface area contributed by atoms with E-state index in [-0.39, 0.29) is 5.56 Å². The number of nitrogens with one attached hydrogen (secondary N) is 1. The fourth-order valence-electron chi connectivity index (χ4n) is 1.78. The summed E-state index contributed by atoms with van der Waals surface area (Å²) >= 11 is 0. The smallest absolute Gasteiger partial charge is 0.263 e. The Morgan fingerprint density at radius 2 is 2.00 bits per heavy atom. The summed E-state index contributed by atoms with van der Waals surface area (Å²) in [6, 6.07) is 7.15. The highest BCUT2D eigenvalue weighted by Crippen LogP contribution is 2.19. The lowest BCUT2D eigenvalue weighted by atomic mass is 10.1. The predicted molar refractivity (Wildman–Crippen MR) is 75.5 cm³/mol. The van der Waals surface area contributed by atoms with Crippen molar-refractivity contribution in [3.8, 4) is 0 Å². The summed E-state index contributed by atoms with van der Waals surface area (Å²) in [4.78, 5) is 2.29. The molecule has 1 rings (SSSR count). The van der Waals surface area contributed by atoms with Gasteiger partial charge in [-0.05, 0) is 52.0 Å². The maximum absolute atomic E-state index is 12.5. The number of hydrogen-bond donors (Lipinski definition) is 1. The van der Waals surface area contributed by atoms with Crippen LogP contribution in [0.3, 0.4) is 0 Å². The van der Waals surface area contributed by atoms with Crippen LogP contribution in [0.1, 0.15) is 37.8 Å². The third kappa shape index (κ3) is 6.12. The van der Waals surface area contributed by atoms with Crippen molar-refractivity contribution in [2.45, 2.75) is 39.3 Å². The Morgan fingerprint density at radius 3 is 2.63 bits per heavy atom. The van der Waals surface area contributed by atoms with Gasteiger partial charge in [-0.3, -0.25) is 0 Å². The SMILES string of the molecule is CC(C)N(C)CCCNCc1cccc(C(F)F)c1. The molecule has 0 aliphatic heterocycles. The second kappa shape index (κ2) is 8.23. The first-order chi connectivity index (χ1) is 9.00. The van der Waals surface area contributed by atoms with Gasteiger partial charge in [0.25, 0.3) is 6.43 Å². The van der Waals surface area contributed by atoms with Crippen molar-refractivity contribution in [2.24, 2.45) is 0 Å². The van der Waals surface area contributed by atoms with Gasteiger partial charge >= 0.3 is 0 Å². The van der Waals surface area contributed by atoms with Gasteiger partial charge in [0.15, 0.2) is 0 Å². The molecule has 0 atom stereocenters. The Balaban J connectivity index is 2.24. The zero-order valence-corrected chi connectivity index (χ0v) is 12.0. The molecule has 0 unspecified atom stereocenters. The zero-order chi connectivity index (χ0) is 14.3. The van der Waals surface area contributed by atoms with Crippen LogP contribution in [0.4, 0.5) is 8.78 Å². The number of rotatable bonds is 8. The van der Waals surface area contributed by atoms with Crippen molar-refractivity contribution in [3.63, 3.8) is 0 Å². The van der Waals surface area contributed by atoms with Crippen LogP contribution in [0.2, 0.25) is 0 Å². The van der Waals surface area contributed by atoms with Gasteiger partial charge in [-0.1, -0.05) is 18.2 Å². The van der Waals surface area contributed by atoms with Crippen molar-refractivity contribution < 1.29 is 8.78 Å². The number of benzene rings is 1. The van der Waals surface area contributed by atoms with Crippen LogP contribution in [0.15, 0.2) is 24.3 Å². The van der Waals surface area contributed by atoms with Crippen molar-refractivity contribution >= 4 is 0 Å². The fourth-order valence-corrected chi connectivity index (χ4v) is 1.78. The van der Waals surface area contributed by atoms with E-state index in [1.54, 1.807) is 12.1 Å². The van der Waals surface area contributed by atoms with E-state index in [0.717, 1.165) is 25.1 Å². The van der Waals surface area contributed by atoms with Gasteiger partial charge in [-0.25, -0.2) is 8.78 Å². The molecule has 0 radical (unpaired) electrons. The molecule has 0 aliphatic carbocycles. The summed E-state index contributed by atoms with van der Waals surface area (Å²) in [5.74, 6) is 0. The Bertz CT molecular complexity index is 367. The molecule has 1 aromatic carbocycles. The third-order valence-corrected chi connectivity index (χ3v) is 3.28. The lowest BCUT2D eigenvalue weighted by Crippen LogP contribution is -2.29. The van der Waals surface area contributed by atoms with Gasteiger partial charge in [-0.2, -0.15) is 0 Å². The van der Waals surface area contributed by atoms with Gasteiger partial charge in [0.05, 0.1) is 0 Å². The molecule has 19 heavy (non-hydrogen) atoms. The molecule has 0 saturated carbocycles. The topological polar surface area (TPSA) is 15.3 Å². The molecule has 0 saturated heterocycles. The lowest BCUT2D eigenvalue weighted by molar-refractivity contribution is 0.151. The zero-order valence-electron chi connectivity index (χ0n) is 12.0. The Hall–Kier alpha value is -1.00. The second-order valence-electron chi connectivity index (χ2n) is 5.15. The number of halogens is 2. The molecule has 1 N–H and O–H groups in total. The number of nitrogens with zero attached hydrogens (tertiary/aromatic N) is 1. The maximum Gasteiger partial charge on any atom is 0.263 e. The van der Waals surface area contributed by atoms with Crippen molar-refractivity contribution in [2.75, 3.05) is 20.1 Å². The lowest BCUT2D eigenvalue weighted by Gasteiger charge is -2.20. The van der Waals surface area contributed by atoms with E-state index < -0.39 is 6.43 Å². The quantitative estimate of drug-likeness (QED) is 0.728. The van der Waals surface area contributed by atoms with Gasteiger partial charge in [0.2, 0.25) is 0 Å². The highest BCUT2D eigenvalue weighted by molar-refractivity contribution is 5.24. The largest absolute Gasteiger partial charge is 0.313 e. The number of alkyl halides is 2. The average molecular weight is 270 g/mol. The minimum Gasteiger partial charge on any atom is -0.313 e. The minimum atomic E-state index is -2.39. The number of hydrogen-bond acceptors (Lipinski definition) is 2. The van der Waals surface area contributed by atoms with Crippen LogP contribution >= 0.6 is 0 Å². The fraction of sp³-hybridized carbons (Fsp3) is 0.600.